The van der Waals surface area contributed by atoms with Crippen molar-refractivity contribution in [2.75, 3.05) is 23.8 Å². The van der Waals surface area contributed by atoms with Crippen molar-refractivity contribution in [1.82, 2.24) is 4.72 Å². The van der Waals surface area contributed by atoms with E-state index >= 15 is 0 Å². The fourth-order valence-corrected chi connectivity index (χ4v) is 4.16. The summed E-state index contributed by atoms with van der Waals surface area (Å²) >= 11 is 1.41. The van der Waals surface area contributed by atoms with Crippen molar-refractivity contribution in [3.8, 4) is 0 Å². The zero-order valence-corrected chi connectivity index (χ0v) is 14.1. The molecule has 1 aromatic rings. The second-order valence-corrected chi connectivity index (χ2v) is 8.02. The number of benzene rings is 1. The maximum atomic E-state index is 11.9. The maximum Gasteiger partial charge on any atom is 0.212 e. The van der Waals surface area contributed by atoms with Crippen molar-refractivity contribution in [3.63, 3.8) is 0 Å². The first-order valence-corrected chi connectivity index (χ1v) is 9.62. The van der Waals surface area contributed by atoms with E-state index in [9.17, 15) is 13.5 Å². The third-order valence-corrected chi connectivity index (χ3v) is 6.14. The third kappa shape index (κ3) is 6.25. The van der Waals surface area contributed by atoms with Crippen LogP contribution in [0.3, 0.4) is 0 Å². The molecule has 0 unspecified atom stereocenters. The van der Waals surface area contributed by atoms with Crippen LogP contribution in [0.5, 0.6) is 0 Å². The average molecular weight is 332 g/mol. The molecule has 4 N–H and O–H groups in total. The minimum Gasteiger partial charge on any atom is -0.398 e. The van der Waals surface area contributed by atoms with E-state index in [-0.39, 0.29) is 12.3 Å². The molecule has 0 fully saturated rings. The summed E-state index contributed by atoms with van der Waals surface area (Å²) in [5, 5.41) is 10.1. The number of para-hydroxylation sites is 1. The topological polar surface area (TPSA) is 92.4 Å². The van der Waals surface area contributed by atoms with Crippen LogP contribution in [-0.4, -0.2) is 37.2 Å². The Bertz CT molecular complexity index is 543. The Hall–Kier alpha value is -0.760. The molecule has 0 atom stereocenters. The van der Waals surface area contributed by atoms with Crippen LogP contribution in [-0.2, 0) is 10.0 Å². The molecular weight excluding hydrogens is 308 g/mol. The molecule has 0 spiro atoms. The fourth-order valence-electron chi connectivity index (χ4n) is 1.69. The summed E-state index contributed by atoms with van der Waals surface area (Å²) in [6.07, 6.45) is 1.03. The molecule has 0 amide bonds. The number of nitrogens with two attached hydrogens (primary N) is 1. The van der Waals surface area contributed by atoms with Crippen LogP contribution >= 0.6 is 11.8 Å². The van der Waals surface area contributed by atoms with Crippen molar-refractivity contribution in [1.29, 1.82) is 0 Å². The van der Waals surface area contributed by atoms with Gasteiger partial charge in [0.05, 0.1) is 11.4 Å². The third-order valence-electron chi connectivity index (χ3n) is 3.47. The van der Waals surface area contributed by atoms with E-state index in [2.05, 4.69) is 4.72 Å². The van der Waals surface area contributed by atoms with E-state index < -0.39 is 15.6 Å². The number of anilines is 1. The van der Waals surface area contributed by atoms with Gasteiger partial charge in [0.25, 0.3) is 0 Å². The highest BCUT2D eigenvalue weighted by Gasteiger charge is 2.24. The first-order chi connectivity index (χ1) is 9.82. The molecule has 0 aliphatic carbocycles. The first kappa shape index (κ1) is 18.3. The monoisotopic (exact) mass is 332 g/mol. The van der Waals surface area contributed by atoms with Crippen LogP contribution in [0.4, 0.5) is 5.69 Å². The number of nitrogens with one attached hydrogen (secondary N) is 1. The Morgan fingerprint density at radius 1 is 1.29 bits per heavy atom. The molecule has 0 aromatic heterocycles. The van der Waals surface area contributed by atoms with Gasteiger partial charge in [-0.3, -0.25) is 0 Å². The van der Waals surface area contributed by atoms with E-state index in [0.717, 1.165) is 4.90 Å². The minimum atomic E-state index is -3.39. The van der Waals surface area contributed by atoms with Gasteiger partial charge in [-0.1, -0.05) is 26.0 Å². The fraction of sp³-hybridized carbons (Fsp3) is 0.571. The molecule has 0 heterocycles. The molecular formula is C14H24N2O3S2. The zero-order chi connectivity index (χ0) is 15.9. The van der Waals surface area contributed by atoms with Crippen LogP contribution < -0.4 is 10.5 Å². The van der Waals surface area contributed by atoms with Gasteiger partial charge in [-0.05, 0) is 25.0 Å². The molecule has 0 radical (unpaired) electrons. The Balaban J connectivity index is 2.45. The van der Waals surface area contributed by atoms with Crippen molar-refractivity contribution >= 4 is 27.5 Å². The van der Waals surface area contributed by atoms with Gasteiger partial charge >= 0.3 is 0 Å². The molecule has 5 nitrogen and oxygen atoms in total. The van der Waals surface area contributed by atoms with E-state index in [4.69, 9.17) is 5.73 Å². The van der Waals surface area contributed by atoms with E-state index in [0.29, 0.717) is 24.3 Å². The molecule has 0 aliphatic rings. The summed E-state index contributed by atoms with van der Waals surface area (Å²) in [5.74, 6) is 0.412. The SMILES string of the molecule is CCC(O)(CC)CNS(=O)(=O)CCSc1ccccc1N. The van der Waals surface area contributed by atoms with Crippen molar-refractivity contribution in [2.45, 2.75) is 37.2 Å². The number of hydrogen-bond donors (Lipinski definition) is 3. The number of rotatable bonds is 9. The van der Waals surface area contributed by atoms with E-state index in [1.165, 1.54) is 11.8 Å². The summed E-state index contributed by atoms with van der Waals surface area (Å²) in [7, 11) is -3.39. The summed E-state index contributed by atoms with van der Waals surface area (Å²) in [6, 6.07) is 7.37. The molecule has 0 bridgehead atoms. The molecule has 120 valence electrons. The van der Waals surface area contributed by atoms with Gasteiger partial charge in [0, 0.05) is 22.9 Å². The lowest BCUT2D eigenvalue weighted by Gasteiger charge is -2.25. The highest BCUT2D eigenvalue weighted by Crippen LogP contribution is 2.24. The normalized spacial score (nSPS) is 12.5. The van der Waals surface area contributed by atoms with Gasteiger partial charge < -0.3 is 10.8 Å². The van der Waals surface area contributed by atoms with Crippen molar-refractivity contribution in [2.24, 2.45) is 0 Å². The average Bonchev–Trinajstić information content (AvgIpc) is 2.47. The molecule has 0 saturated heterocycles. The predicted molar refractivity (Wildman–Crippen MR) is 88.9 cm³/mol. The Morgan fingerprint density at radius 3 is 2.48 bits per heavy atom. The number of aliphatic hydroxyl groups is 1. The zero-order valence-electron chi connectivity index (χ0n) is 12.5. The molecule has 1 aromatic carbocycles. The Morgan fingerprint density at radius 2 is 1.90 bits per heavy atom. The maximum absolute atomic E-state index is 11.9. The largest absolute Gasteiger partial charge is 0.398 e. The van der Waals surface area contributed by atoms with Crippen LogP contribution in [0.2, 0.25) is 0 Å². The Labute approximate surface area is 131 Å². The number of thioether (sulfide) groups is 1. The smallest absolute Gasteiger partial charge is 0.212 e. The minimum absolute atomic E-state index is 0.00445. The first-order valence-electron chi connectivity index (χ1n) is 6.99. The second-order valence-electron chi connectivity index (χ2n) is 4.96. The lowest BCUT2D eigenvalue weighted by Crippen LogP contribution is -2.42. The van der Waals surface area contributed by atoms with Gasteiger partial charge in [-0.2, -0.15) is 0 Å². The van der Waals surface area contributed by atoms with Crippen molar-refractivity contribution < 1.29 is 13.5 Å². The quantitative estimate of drug-likeness (QED) is 0.474. The van der Waals surface area contributed by atoms with Crippen LogP contribution in [0.15, 0.2) is 29.2 Å². The summed E-state index contributed by atoms with van der Waals surface area (Å²) < 4.78 is 26.3. The van der Waals surface area contributed by atoms with E-state index in [1.807, 2.05) is 32.0 Å². The van der Waals surface area contributed by atoms with Crippen LogP contribution in [0.1, 0.15) is 26.7 Å². The summed E-state index contributed by atoms with van der Waals surface area (Å²) in [4.78, 5) is 0.881. The summed E-state index contributed by atoms with van der Waals surface area (Å²) in [6.45, 7) is 3.73. The van der Waals surface area contributed by atoms with Gasteiger partial charge in [0.1, 0.15) is 0 Å². The van der Waals surface area contributed by atoms with Crippen LogP contribution in [0, 0.1) is 0 Å². The van der Waals surface area contributed by atoms with Gasteiger partial charge in [-0.25, -0.2) is 13.1 Å². The highest BCUT2D eigenvalue weighted by molar-refractivity contribution is 8.00. The second kappa shape index (κ2) is 8.03. The van der Waals surface area contributed by atoms with E-state index in [1.54, 1.807) is 6.07 Å². The van der Waals surface area contributed by atoms with Crippen LogP contribution in [0.25, 0.3) is 0 Å². The lowest BCUT2D eigenvalue weighted by atomic mass is 9.98. The lowest BCUT2D eigenvalue weighted by molar-refractivity contribution is 0.0377. The highest BCUT2D eigenvalue weighted by atomic mass is 32.2. The van der Waals surface area contributed by atoms with Gasteiger partial charge in [0.15, 0.2) is 0 Å². The van der Waals surface area contributed by atoms with Gasteiger partial charge in [-0.15, -0.1) is 11.8 Å². The van der Waals surface area contributed by atoms with Crippen molar-refractivity contribution in [3.05, 3.63) is 24.3 Å². The molecule has 7 heteroatoms. The summed E-state index contributed by atoms with van der Waals surface area (Å²) in [5.41, 5.74) is 5.49. The number of hydrogen-bond acceptors (Lipinski definition) is 5. The molecule has 0 saturated carbocycles. The number of nitrogen functional groups attached to an aromatic ring is 1. The molecule has 0 aliphatic heterocycles. The van der Waals surface area contributed by atoms with Gasteiger partial charge in [0.2, 0.25) is 10.0 Å². The molecule has 21 heavy (non-hydrogen) atoms. The standard InChI is InChI=1S/C14H24N2O3S2/c1-3-14(17,4-2)11-16-21(18,19)10-9-20-13-8-6-5-7-12(13)15/h5-8,16-17H,3-4,9-11,15H2,1-2H3. The number of sulfonamides is 1. The predicted octanol–water partition coefficient (Wildman–Crippen LogP) is 1.83. The molecule has 1 rings (SSSR count). The Kier molecular flexibility index (Phi) is 6.99.